The van der Waals surface area contributed by atoms with Gasteiger partial charge in [0.15, 0.2) is 0 Å². The molecule has 0 spiro atoms. The zero-order chi connectivity index (χ0) is 19.9. The molecule has 2 N–H and O–H groups in total. The Morgan fingerprint density at radius 2 is 1.68 bits per heavy atom. The predicted molar refractivity (Wildman–Crippen MR) is 104 cm³/mol. The van der Waals surface area contributed by atoms with Crippen molar-refractivity contribution in [1.82, 2.24) is 15.8 Å². The number of carbonyl (C=O) groups excluding carboxylic acids is 2. The third kappa shape index (κ3) is 4.77. The lowest BCUT2D eigenvalue weighted by molar-refractivity contribution is 0.0845. The molecule has 0 saturated heterocycles. The average Bonchev–Trinajstić information content (AvgIpc) is 2.72. The van der Waals surface area contributed by atoms with Crippen molar-refractivity contribution in [3.05, 3.63) is 83.1 Å². The Hall–Kier alpha value is -3.58. The minimum atomic E-state index is -0.558. The summed E-state index contributed by atoms with van der Waals surface area (Å²) < 4.78 is 10.8. The Morgan fingerprint density at radius 3 is 2.43 bits per heavy atom. The maximum atomic E-state index is 12.4. The largest absolute Gasteiger partial charge is 0.496 e. The van der Waals surface area contributed by atoms with Crippen molar-refractivity contribution in [1.29, 1.82) is 0 Å². The zero-order valence-electron chi connectivity index (χ0n) is 14.8. The van der Waals surface area contributed by atoms with Gasteiger partial charge in [0.2, 0.25) is 0 Å². The highest BCUT2D eigenvalue weighted by atomic mass is 35.5. The molecule has 1 aromatic heterocycles. The molecule has 2 amide bonds. The normalized spacial score (nSPS) is 10.1. The summed E-state index contributed by atoms with van der Waals surface area (Å²) in [6.07, 6.45) is 3.21. The molecule has 0 aliphatic heterocycles. The molecule has 8 heteroatoms. The maximum Gasteiger partial charge on any atom is 0.273 e. The van der Waals surface area contributed by atoms with Gasteiger partial charge in [-0.1, -0.05) is 17.7 Å². The van der Waals surface area contributed by atoms with Gasteiger partial charge in [0.05, 0.1) is 12.7 Å². The van der Waals surface area contributed by atoms with Gasteiger partial charge in [0.1, 0.15) is 17.2 Å². The lowest BCUT2D eigenvalue weighted by Crippen LogP contribution is -2.41. The van der Waals surface area contributed by atoms with Gasteiger partial charge in [0.25, 0.3) is 11.8 Å². The molecular weight excluding hydrogens is 382 g/mol. The molecule has 3 rings (SSSR count). The number of ether oxygens (including phenoxy) is 2. The molecule has 1 heterocycles. The Morgan fingerprint density at radius 1 is 0.929 bits per heavy atom. The highest BCUT2D eigenvalue weighted by Crippen LogP contribution is 2.23. The van der Waals surface area contributed by atoms with Gasteiger partial charge in [-0.15, -0.1) is 0 Å². The van der Waals surface area contributed by atoms with E-state index in [1.54, 1.807) is 60.9 Å². The fraction of sp³-hybridized carbons (Fsp3) is 0.0500. The zero-order valence-corrected chi connectivity index (χ0v) is 15.6. The number of pyridine rings is 1. The summed E-state index contributed by atoms with van der Waals surface area (Å²) in [6.45, 7) is 0. The van der Waals surface area contributed by atoms with Gasteiger partial charge in [-0.3, -0.25) is 25.4 Å². The van der Waals surface area contributed by atoms with E-state index in [1.165, 1.54) is 13.2 Å². The van der Waals surface area contributed by atoms with Crippen molar-refractivity contribution < 1.29 is 19.1 Å². The van der Waals surface area contributed by atoms with Crippen LogP contribution >= 0.6 is 11.6 Å². The molecule has 3 aromatic rings. The summed E-state index contributed by atoms with van der Waals surface area (Å²) in [5.41, 5.74) is 5.21. The Labute approximate surface area is 166 Å². The summed E-state index contributed by atoms with van der Waals surface area (Å²) in [6, 6.07) is 14.6. The number of rotatable bonds is 5. The van der Waals surface area contributed by atoms with Gasteiger partial charge < -0.3 is 9.47 Å². The lowest BCUT2D eigenvalue weighted by atomic mass is 10.2. The molecule has 2 aromatic carbocycles. The molecule has 142 valence electrons. The van der Waals surface area contributed by atoms with Crippen molar-refractivity contribution in [2.24, 2.45) is 0 Å². The number of methoxy groups -OCH3 is 1. The molecule has 0 saturated carbocycles. The first kappa shape index (κ1) is 19.2. The van der Waals surface area contributed by atoms with Gasteiger partial charge >= 0.3 is 0 Å². The van der Waals surface area contributed by atoms with Crippen LogP contribution < -0.4 is 20.3 Å². The predicted octanol–water partition coefficient (Wildman–Crippen LogP) is 3.61. The Kier molecular flexibility index (Phi) is 6.08. The third-order valence-corrected chi connectivity index (χ3v) is 3.91. The van der Waals surface area contributed by atoms with Crippen LogP contribution in [0, 0.1) is 0 Å². The summed E-state index contributed by atoms with van der Waals surface area (Å²) in [5.74, 6) is 0.339. The number of nitrogens with zero attached hydrogens (tertiary/aromatic N) is 1. The van der Waals surface area contributed by atoms with Crippen molar-refractivity contribution in [2.75, 3.05) is 7.11 Å². The van der Waals surface area contributed by atoms with Gasteiger partial charge in [0, 0.05) is 23.0 Å². The summed E-state index contributed by atoms with van der Waals surface area (Å²) in [7, 11) is 1.44. The Balaban J connectivity index is 1.66. The molecule has 0 fully saturated rings. The lowest BCUT2D eigenvalue weighted by Gasteiger charge is -2.11. The maximum absolute atomic E-state index is 12.4. The second kappa shape index (κ2) is 8.88. The standard InChI is InChI=1S/C20H16ClN3O4/c1-27-18-6-5-14(21)12-17(18)20(26)24-23-19(25)13-3-2-4-16(11-13)28-15-7-9-22-10-8-15/h2-12H,1H3,(H,23,25)(H,24,26). The summed E-state index contributed by atoms with van der Waals surface area (Å²) >= 11 is 5.92. The number of nitrogens with one attached hydrogen (secondary N) is 2. The molecule has 7 nitrogen and oxygen atoms in total. The quantitative estimate of drug-likeness (QED) is 0.642. The molecule has 0 bridgehead atoms. The first-order valence-corrected chi connectivity index (χ1v) is 8.57. The molecular formula is C20H16ClN3O4. The number of aromatic nitrogens is 1. The van der Waals surface area contributed by atoms with Crippen LogP contribution in [0.1, 0.15) is 20.7 Å². The van der Waals surface area contributed by atoms with Crippen LogP contribution in [0.4, 0.5) is 0 Å². The topological polar surface area (TPSA) is 89.6 Å². The summed E-state index contributed by atoms with van der Waals surface area (Å²) in [4.78, 5) is 28.6. The van der Waals surface area contributed by atoms with Crippen molar-refractivity contribution in [3.8, 4) is 17.2 Å². The van der Waals surface area contributed by atoms with Crippen LogP contribution in [0.3, 0.4) is 0 Å². The van der Waals surface area contributed by atoms with Crippen LogP contribution in [0.15, 0.2) is 67.0 Å². The van der Waals surface area contributed by atoms with E-state index in [0.29, 0.717) is 27.8 Å². The van der Waals surface area contributed by atoms with E-state index in [0.717, 1.165) is 0 Å². The highest BCUT2D eigenvalue weighted by molar-refractivity contribution is 6.31. The van der Waals surface area contributed by atoms with E-state index < -0.39 is 11.8 Å². The van der Waals surface area contributed by atoms with Crippen LogP contribution in [0.5, 0.6) is 17.2 Å². The van der Waals surface area contributed by atoms with Crippen LogP contribution in [0.2, 0.25) is 5.02 Å². The second-order valence-corrected chi connectivity index (χ2v) is 6.00. The second-order valence-electron chi connectivity index (χ2n) is 5.57. The van der Waals surface area contributed by atoms with Crippen molar-refractivity contribution in [3.63, 3.8) is 0 Å². The van der Waals surface area contributed by atoms with Crippen molar-refractivity contribution >= 4 is 23.4 Å². The minimum absolute atomic E-state index is 0.199. The first-order chi connectivity index (χ1) is 13.6. The van der Waals surface area contributed by atoms with Crippen LogP contribution in [-0.2, 0) is 0 Å². The number of amides is 2. The molecule has 0 aliphatic rings. The van der Waals surface area contributed by atoms with Gasteiger partial charge in [-0.05, 0) is 48.5 Å². The SMILES string of the molecule is COc1ccc(Cl)cc1C(=O)NNC(=O)c1cccc(Oc2ccncc2)c1. The number of hydrazine groups is 1. The van der Waals surface area contributed by atoms with E-state index in [9.17, 15) is 9.59 Å². The number of hydrogen-bond donors (Lipinski definition) is 2. The van der Waals surface area contributed by atoms with E-state index in [-0.39, 0.29) is 5.56 Å². The van der Waals surface area contributed by atoms with Crippen LogP contribution in [0.25, 0.3) is 0 Å². The molecule has 0 unspecified atom stereocenters. The van der Waals surface area contributed by atoms with Crippen LogP contribution in [-0.4, -0.2) is 23.9 Å². The third-order valence-electron chi connectivity index (χ3n) is 3.68. The fourth-order valence-corrected chi connectivity index (χ4v) is 2.53. The van der Waals surface area contributed by atoms with E-state index in [2.05, 4.69) is 15.8 Å². The number of hydrogen-bond acceptors (Lipinski definition) is 5. The molecule has 0 radical (unpaired) electrons. The van der Waals surface area contributed by atoms with Crippen molar-refractivity contribution in [2.45, 2.75) is 0 Å². The highest BCUT2D eigenvalue weighted by Gasteiger charge is 2.14. The average molecular weight is 398 g/mol. The smallest absolute Gasteiger partial charge is 0.273 e. The van der Waals surface area contributed by atoms with E-state index in [4.69, 9.17) is 21.1 Å². The number of benzene rings is 2. The molecule has 0 atom stereocenters. The van der Waals surface area contributed by atoms with E-state index >= 15 is 0 Å². The molecule has 0 aliphatic carbocycles. The monoisotopic (exact) mass is 397 g/mol. The minimum Gasteiger partial charge on any atom is -0.496 e. The fourth-order valence-electron chi connectivity index (χ4n) is 2.35. The van der Waals surface area contributed by atoms with Gasteiger partial charge in [-0.2, -0.15) is 0 Å². The van der Waals surface area contributed by atoms with E-state index in [1.807, 2.05) is 0 Å². The first-order valence-electron chi connectivity index (χ1n) is 8.19. The summed E-state index contributed by atoms with van der Waals surface area (Å²) in [5, 5.41) is 0.373. The molecule has 28 heavy (non-hydrogen) atoms. The van der Waals surface area contributed by atoms with Gasteiger partial charge in [-0.25, -0.2) is 0 Å². The Bertz CT molecular complexity index is 996. The number of carbonyl (C=O) groups is 2. The number of halogens is 1.